The molecular formula is C19H37N4O5P. The summed E-state index contributed by atoms with van der Waals surface area (Å²) in [6, 6.07) is 0.298. The van der Waals surface area contributed by atoms with E-state index in [9.17, 15) is 14.2 Å². The fourth-order valence-electron chi connectivity index (χ4n) is 3.11. The summed E-state index contributed by atoms with van der Waals surface area (Å²) < 4.78 is 26.9. The van der Waals surface area contributed by atoms with E-state index < -0.39 is 13.4 Å². The second-order valence-electron chi connectivity index (χ2n) is 8.13. The number of nitrogens with one attached hydrogen (secondary N) is 1. The van der Waals surface area contributed by atoms with E-state index in [2.05, 4.69) is 24.1 Å². The number of hydrogen-bond acceptors (Lipinski definition) is 7. The Bertz CT molecular complexity index is 626. The second kappa shape index (κ2) is 11.2. The molecule has 1 aliphatic rings. The summed E-state index contributed by atoms with van der Waals surface area (Å²) in [6.07, 6.45) is 1.45. The summed E-state index contributed by atoms with van der Waals surface area (Å²) in [5.74, 6) is -0.452. The van der Waals surface area contributed by atoms with Gasteiger partial charge in [-0.25, -0.2) is 4.67 Å². The van der Waals surface area contributed by atoms with Crippen LogP contribution >= 0.6 is 7.52 Å². The first-order valence-electron chi connectivity index (χ1n) is 9.88. The van der Waals surface area contributed by atoms with Crippen LogP contribution in [0.4, 0.5) is 0 Å². The third kappa shape index (κ3) is 7.19. The van der Waals surface area contributed by atoms with Crippen molar-refractivity contribution in [2.24, 2.45) is 0 Å². The number of nitrogens with zero attached hydrogens (tertiary/aromatic N) is 3. The minimum Gasteiger partial charge on any atom is -0.354 e. The molecule has 3 atom stereocenters. The monoisotopic (exact) mass is 432 g/mol. The Balaban J connectivity index is 2.91. The number of ether oxygens (including phenoxy) is 1. The van der Waals surface area contributed by atoms with Crippen molar-refractivity contribution in [3.63, 3.8) is 0 Å². The molecule has 1 N–H and O–H groups in total. The molecular weight excluding hydrogens is 395 g/mol. The predicted octanol–water partition coefficient (Wildman–Crippen LogP) is 1.71. The highest BCUT2D eigenvalue weighted by molar-refractivity contribution is 7.57. The second-order valence-corrected chi connectivity index (χ2v) is 11.3. The molecule has 1 heterocycles. The molecule has 3 unspecified atom stereocenters. The number of amides is 2. The lowest BCUT2D eigenvalue weighted by Gasteiger charge is -2.43. The van der Waals surface area contributed by atoms with Crippen LogP contribution in [-0.4, -0.2) is 91.7 Å². The molecule has 10 heteroatoms. The minimum absolute atomic E-state index is 0.123. The van der Waals surface area contributed by atoms with E-state index in [1.165, 1.54) is 0 Å². The maximum absolute atomic E-state index is 13.1. The van der Waals surface area contributed by atoms with Crippen LogP contribution in [0.25, 0.3) is 0 Å². The van der Waals surface area contributed by atoms with Gasteiger partial charge in [-0.3, -0.25) is 24.4 Å². The van der Waals surface area contributed by atoms with E-state index in [0.29, 0.717) is 31.1 Å². The molecule has 0 radical (unpaired) electrons. The van der Waals surface area contributed by atoms with Gasteiger partial charge in [0.2, 0.25) is 6.41 Å². The maximum Gasteiger partial charge on any atom is 0.274 e. The summed E-state index contributed by atoms with van der Waals surface area (Å²) in [7, 11) is 2.41. The molecule has 0 spiro atoms. The lowest BCUT2D eigenvalue weighted by Crippen LogP contribution is -2.55. The SMILES string of the molecule is C/C(=C/N(C)C1CN(C(C)C)CC(COP(=O)(C(C)C)N(C)C)O1)C(=O)NC=O. The van der Waals surface area contributed by atoms with Gasteiger partial charge in [0.1, 0.15) is 6.23 Å². The molecule has 2 amide bonds. The molecule has 1 rings (SSSR count). The highest BCUT2D eigenvalue weighted by Crippen LogP contribution is 2.53. The Morgan fingerprint density at radius 1 is 1.28 bits per heavy atom. The minimum atomic E-state index is -2.94. The van der Waals surface area contributed by atoms with Gasteiger partial charge in [-0.2, -0.15) is 0 Å². The lowest BCUT2D eigenvalue weighted by atomic mass is 10.2. The van der Waals surface area contributed by atoms with Gasteiger partial charge in [0.05, 0.1) is 12.7 Å². The van der Waals surface area contributed by atoms with E-state index in [1.807, 2.05) is 25.8 Å². The van der Waals surface area contributed by atoms with Crippen molar-refractivity contribution in [3.05, 3.63) is 11.8 Å². The molecule has 0 aromatic rings. The van der Waals surface area contributed by atoms with E-state index in [0.717, 1.165) is 0 Å². The van der Waals surface area contributed by atoms with Crippen LogP contribution in [-0.2, 0) is 23.4 Å². The van der Waals surface area contributed by atoms with Gasteiger partial charge < -0.3 is 14.2 Å². The number of imide groups is 1. The van der Waals surface area contributed by atoms with E-state index >= 15 is 0 Å². The van der Waals surface area contributed by atoms with Crippen molar-refractivity contribution in [1.29, 1.82) is 0 Å². The Labute approximate surface area is 174 Å². The molecule has 1 fully saturated rings. The van der Waals surface area contributed by atoms with Crippen molar-refractivity contribution < 1.29 is 23.4 Å². The number of hydrogen-bond donors (Lipinski definition) is 1. The van der Waals surface area contributed by atoms with Gasteiger partial charge in [0.15, 0.2) is 0 Å². The highest BCUT2D eigenvalue weighted by Gasteiger charge is 2.35. The molecule has 1 saturated heterocycles. The molecule has 0 aliphatic carbocycles. The van der Waals surface area contributed by atoms with Crippen LogP contribution in [0.3, 0.4) is 0 Å². The van der Waals surface area contributed by atoms with E-state index in [4.69, 9.17) is 9.26 Å². The van der Waals surface area contributed by atoms with Gasteiger partial charge >= 0.3 is 0 Å². The van der Waals surface area contributed by atoms with Gasteiger partial charge in [-0.1, -0.05) is 13.8 Å². The van der Waals surface area contributed by atoms with Crippen LogP contribution in [0.2, 0.25) is 0 Å². The summed E-state index contributed by atoms with van der Waals surface area (Å²) in [5.41, 5.74) is 0.275. The van der Waals surface area contributed by atoms with Crippen molar-refractivity contribution >= 4 is 19.8 Å². The standard InChI is InChI=1S/C19H37N4O5P/c1-14(2)23-10-17(12-27-29(26,15(3)4)21(6)7)28-18(11-23)22(8)9-16(5)19(25)20-13-24/h9,13-15,17-18H,10-12H2,1-8H3,(H,20,24,25)/b16-9-. The maximum atomic E-state index is 13.1. The molecule has 0 bridgehead atoms. The van der Waals surface area contributed by atoms with Crippen LogP contribution in [0, 0.1) is 0 Å². The number of likely N-dealkylation sites (N-methyl/N-ethyl adjacent to an activating group) is 1. The van der Waals surface area contributed by atoms with Gasteiger partial charge in [0, 0.05) is 43.6 Å². The van der Waals surface area contributed by atoms with Crippen molar-refractivity contribution in [2.45, 2.75) is 58.7 Å². The third-order valence-electron chi connectivity index (χ3n) is 4.96. The molecule has 0 saturated carbocycles. The first-order chi connectivity index (χ1) is 13.4. The molecule has 168 valence electrons. The molecule has 0 aromatic heterocycles. The number of carbonyl (C=O) groups is 2. The van der Waals surface area contributed by atoms with Gasteiger partial charge in [-0.15, -0.1) is 0 Å². The normalized spacial score (nSPS) is 23.3. The summed E-state index contributed by atoms with van der Waals surface area (Å²) >= 11 is 0. The summed E-state index contributed by atoms with van der Waals surface area (Å²) in [4.78, 5) is 26.3. The number of morpholine rings is 1. The first-order valence-corrected chi connectivity index (χ1v) is 11.5. The zero-order chi connectivity index (χ0) is 22.4. The Kier molecular flexibility index (Phi) is 9.98. The molecule has 0 aromatic carbocycles. The average molecular weight is 433 g/mol. The molecule has 1 aliphatic heterocycles. The zero-order valence-corrected chi connectivity index (χ0v) is 19.8. The number of carbonyl (C=O) groups excluding carboxylic acids is 2. The van der Waals surface area contributed by atoms with Crippen LogP contribution in [0.1, 0.15) is 34.6 Å². The highest BCUT2D eigenvalue weighted by atomic mass is 31.2. The molecule has 29 heavy (non-hydrogen) atoms. The quantitative estimate of drug-likeness (QED) is 0.317. The smallest absolute Gasteiger partial charge is 0.274 e. The van der Waals surface area contributed by atoms with Crippen LogP contribution in [0.5, 0.6) is 0 Å². The van der Waals surface area contributed by atoms with Gasteiger partial charge in [0.25, 0.3) is 13.4 Å². The average Bonchev–Trinajstić information content (AvgIpc) is 2.65. The van der Waals surface area contributed by atoms with Crippen LogP contribution in [0.15, 0.2) is 11.8 Å². The molecule has 9 nitrogen and oxygen atoms in total. The largest absolute Gasteiger partial charge is 0.354 e. The van der Waals surface area contributed by atoms with E-state index in [1.54, 1.807) is 31.9 Å². The van der Waals surface area contributed by atoms with E-state index in [-0.39, 0.29) is 24.6 Å². The fraction of sp³-hybridized carbons (Fsp3) is 0.789. The Morgan fingerprint density at radius 2 is 1.90 bits per heavy atom. The lowest BCUT2D eigenvalue weighted by molar-refractivity contribution is -0.149. The summed E-state index contributed by atoms with van der Waals surface area (Å²) in [6.45, 7) is 11.2. The van der Waals surface area contributed by atoms with Crippen LogP contribution < -0.4 is 5.32 Å². The number of rotatable bonds is 10. The van der Waals surface area contributed by atoms with Gasteiger partial charge in [-0.05, 0) is 34.9 Å². The Morgan fingerprint density at radius 3 is 2.38 bits per heavy atom. The summed E-state index contributed by atoms with van der Waals surface area (Å²) in [5, 5.41) is 2.13. The third-order valence-corrected chi connectivity index (χ3v) is 7.90. The van der Waals surface area contributed by atoms with Crippen molar-refractivity contribution in [3.8, 4) is 0 Å². The van der Waals surface area contributed by atoms with Crippen molar-refractivity contribution in [2.75, 3.05) is 40.8 Å². The zero-order valence-electron chi connectivity index (χ0n) is 18.9. The topological polar surface area (TPSA) is 91.4 Å². The fourth-order valence-corrected chi connectivity index (χ4v) is 4.95. The first kappa shape index (κ1) is 25.8. The van der Waals surface area contributed by atoms with Crippen molar-refractivity contribution in [1.82, 2.24) is 19.8 Å². The predicted molar refractivity (Wildman–Crippen MR) is 113 cm³/mol. The Hall–Kier alpha value is -1.25.